The number of hydrogen-bond acceptors (Lipinski definition) is 4. The Kier molecular flexibility index (Phi) is 4.74. The van der Waals surface area contributed by atoms with Gasteiger partial charge in [-0.05, 0) is 31.2 Å². The van der Waals surface area contributed by atoms with Crippen molar-refractivity contribution in [3.8, 4) is 5.75 Å². The monoisotopic (exact) mass is 297 g/mol. The van der Waals surface area contributed by atoms with E-state index in [2.05, 4.69) is 5.32 Å². The van der Waals surface area contributed by atoms with Crippen molar-refractivity contribution < 1.29 is 28.6 Å². The van der Waals surface area contributed by atoms with Crippen molar-refractivity contribution in [2.45, 2.75) is 19.1 Å². The van der Waals surface area contributed by atoms with E-state index in [-0.39, 0.29) is 13.2 Å². The third-order valence-corrected chi connectivity index (χ3v) is 3.22. The maximum absolute atomic E-state index is 12.8. The molecule has 1 aromatic carbocycles. The number of halogens is 1. The average Bonchev–Trinajstić information content (AvgIpc) is 2.89. The zero-order chi connectivity index (χ0) is 15.4. The molecule has 7 heteroatoms. The number of ether oxygens (including phenoxy) is 2. The summed E-state index contributed by atoms with van der Waals surface area (Å²) >= 11 is 0. The van der Waals surface area contributed by atoms with E-state index in [0.29, 0.717) is 5.75 Å². The number of hydrogen-bond donors (Lipinski definition) is 2. The Hall–Kier alpha value is -2.15. The molecule has 0 radical (unpaired) electrons. The normalized spacial score (nSPS) is 22.6. The van der Waals surface area contributed by atoms with Crippen molar-refractivity contribution in [1.82, 2.24) is 5.32 Å². The summed E-state index contributed by atoms with van der Waals surface area (Å²) in [4.78, 5) is 23.0. The molecule has 1 aromatic rings. The van der Waals surface area contributed by atoms with Gasteiger partial charge in [0.05, 0.1) is 19.3 Å². The molecule has 0 bridgehead atoms. The van der Waals surface area contributed by atoms with E-state index in [9.17, 15) is 14.0 Å². The molecule has 0 spiro atoms. The van der Waals surface area contributed by atoms with Crippen LogP contribution in [0.1, 0.15) is 6.92 Å². The topological polar surface area (TPSA) is 84.9 Å². The lowest BCUT2D eigenvalue weighted by Crippen LogP contribution is -2.47. The van der Waals surface area contributed by atoms with Gasteiger partial charge in [0.2, 0.25) is 0 Å². The Labute approximate surface area is 120 Å². The minimum Gasteiger partial charge on any atom is -0.481 e. The van der Waals surface area contributed by atoms with Crippen molar-refractivity contribution in [2.24, 2.45) is 5.92 Å². The molecular weight excluding hydrogens is 281 g/mol. The average molecular weight is 297 g/mol. The molecule has 1 saturated heterocycles. The SMILES string of the molecule is CC(Oc1ccc(F)cc1)C(=O)NC1COCC1C(=O)O. The molecule has 0 saturated carbocycles. The first-order chi connectivity index (χ1) is 9.97. The van der Waals surface area contributed by atoms with Crippen LogP contribution in [0.2, 0.25) is 0 Å². The summed E-state index contributed by atoms with van der Waals surface area (Å²) in [6, 6.07) is 4.71. The number of carbonyl (C=O) groups excluding carboxylic acids is 1. The molecular formula is C14H16FNO5. The van der Waals surface area contributed by atoms with Gasteiger partial charge in [0.25, 0.3) is 5.91 Å². The highest BCUT2D eigenvalue weighted by atomic mass is 19.1. The number of rotatable bonds is 5. The third-order valence-electron chi connectivity index (χ3n) is 3.22. The fourth-order valence-corrected chi connectivity index (χ4v) is 2.01. The van der Waals surface area contributed by atoms with E-state index in [0.717, 1.165) is 0 Å². The van der Waals surface area contributed by atoms with Gasteiger partial charge in [-0.1, -0.05) is 0 Å². The molecule has 3 atom stereocenters. The minimum atomic E-state index is -1.01. The number of aliphatic carboxylic acids is 1. The van der Waals surface area contributed by atoms with Gasteiger partial charge in [-0.25, -0.2) is 4.39 Å². The second kappa shape index (κ2) is 6.53. The molecule has 1 heterocycles. The van der Waals surface area contributed by atoms with Crippen LogP contribution in [0.5, 0.6) is 5.75 Å². The Morgan fingerprint density at radius 3 is 2.67 bits per heavy atom. The molecule has 2 rings (SSSR count). The van der Waals surface area contributed by atoms with E-state index in [1.54, 1.807) is 0 Å². The molecule has 1 amide bonds. The van der Waals surface area contributed by atoms with Gasteiger partial charge < -0.3 is 19.9 Å². The van der Waals surface area contributed by atoms with Crippen LogP contribution < -0.4 is 10.1 Å². The zero-order valence-electron chi connectivity index (χ0n) is 11.4. The van der Waals surface area contributed by atoms with Crippen molar-refractivity contribution in [2.75, 3.05) is 13.2 Å². The van der Waals surface area contributed by atoms with Crippen LogP contribution in [-0.2, 0) is 14.3 Å². The van der Waals surface area contributed by atoms with Crippen molar-refractivity contribution >= 4 is 11.9 Å². The lowest BCUT2D eigenvalue weighted by atomic mass is 10.0. The fraction of sp³-hybridized carbons (Fsp3) is 0.429. The number of carboxylic acids is 1. The third kappa shape index (κ3) is 3.91. The molecule has 1 fully saturated rings. The summed E-state index contributed by atoms with van der Waals surface area (Å²) in [5, 5.41) is 11.6. The number of carbonyl (C=O) groups is 2. The van der Waals surface area contributed by atoms with Gasteiger partial charge in [0.1, 0.15) is 17.5 Å². The van der Waals surface area contributed by atoms with Gasteiger partial charge in [-0.15, -0.1) is 0 Å². The second-order valence-corrected chi connectivity index (χ2v) is 4.81. The summed E-state index contributed by atoms with van der Waals surface area (Å²) in [7, 11) is 0. The van der Waals surface area contributed by atoms with Gasteiger partial charge in [-0.2, -0.15) is 0 Å². The first-order valence-corrected chi connectivity index (χ1v) is 6.50. The van der Waals surface area contributed by atoms with Crippen LogP contribution in [0.15, 0.2) is 24.3 Å². The number of nitrogens with one attached hydrogen (secondary N) is 1. The Balaban J connectivity index is 1.90. The van der Waals surface area contributed by atoms with E-state index < -0.39 is 35.8 Å². The van der Waals surface area contributed by atoms with Crippen molar-refractivity contribution in [1.29, 1.82) is 0 Å². The molecule has 1 aliphatic heterocycles. The van der Waals surface area contributed by atoms with Gasteiger partial charge in [0.15, 0.2) is 6.10 Å². The summed E-state index contributed by atoms with van der Waals surface area (Å²) in [5.41, 5.74) is 0. The van der Waals surface area contributed by atoms with Crippen LogP contribution in [-0.4, -0.2) is 42.3 Å². The molecule has 114 valence electrons. The molecule has 1 aliphatic rings. The van der Waals surface area contributed by atoms with Crippen LogP contribution in [0.25, 0.3) is 0 Å². The van der Waals surface area contributed by atoms with Crippen LogP contribution in [0.3, 0.4) is 0 Å². The van der Waals surface area contributed by atoms with E-state index in [1.165, 1.54) is 31.2 Å². The van der Waals surface area contributed by atoms with Crippen molar-refractivity contribution in [3.05, 3.63) is 30.1 Å². The lowest BCUT2D eigenvalue weighted by Gasteiger charge is -2.19. The molecule has 21 heavy (non-hydrogen) atoms. The van der Waals surface area contributed by atoms with Crippen LogP contribution in [0, 0.1) is 11.7 Å². The van der Waals surface area contributed by atoms with E-state index >= 15 is 0 Å². The number of carboxylic acid groups (broad SMARTS) is 1. The first-order valence-electron chi connectivity index (χ1n) is 6.50. The summed E-state index contributed by atoms with van der Waals surface area (Å²) in [6.45, 7) is 1.77. The predicted octanol–water partition coefficient (Wildman–Crippen LogP) is 0.809. The second-order valence-electron chi connectivity index (χ2n) is 4.81. The van der Waals surface area contributed by atoms with E-state index in [1.807, 2.05) is 0 Å². The Morgan fingerprint density at radius 2 is 2.05 bits per heavy atom. The molecule has 2 N–H and O–H groups in total. The summed E-state index contributed by atoms with van der Waals surface area (Å²) in [6.07, 6.45) is -0.828. The zero-order valence-corrected chi connectivity index (χ0v) is 11.4. The molecule has 0 aromatic heterocycles. The highest BCUT2D eigenvalue weighted by Gasteiger charge is 2.35. The number of benzene rings is 1. The van der Waals surface area contributed by atoms with Gasteiger partial charge >= 0.3 is 5.97 Å². The first kappa shape index (κ1) is 15.2. The van der Waals surface area contributed by atoms with Crippen LogP contribution in [0.4, 0.5) is 4.39 Å². The molecule has 6 nitrogen and oxygen atoms in total. The Morgan fingerprint density at radius 1 is 1.38 bits per heavy atom. The van der Waals surface area contributed by atoms with Crippen molar-refractivity contribution in [3.63, 3.8) is 0 Å². The highest BCUT2D eigenvalue weighted by molar-refractivity contribution is 5.82. The Bertz CT molecular complexity index is 519. The maximum Gasteiger partial charge on any atom is 0.311 e. The molecule has 3 unspecified atom stereocenters. The smallest absolute Gasteiger partial charge is 0.311 e. The van der Waals surface area contributed by atoms with Gasteiger partial charge in [-0.3, -0.25) is 9.59 Å². The highest BCUT2D eigenvalue weighted by Crippen LogP contribution is 2.16. The lowest BCUT2D eigenvalue weighted by molar-refractivity contribution is -0.142. The summed E-state index contributed by atoms with van der Waals surface area (Å²) < 4.78 is 23.2. The fourth-order valence-electron chi connectivity index (χ4n) is 2.01. The molecule has 0 aliphatic carbocycles. The predicted molar refractivity (Wildman–Crippen MR) is 70.4 cm³/mol. The quantitative estimate of drug-likeness (QED) is 0.840. The number of amides is 1. The van der Waals surface area contributed by atoms with Crippen LogP contribution >= 0.6 is 0 Å². The largest absolute Gasteiger partial charge is 0.481 e. The minimum absolute atomic E-state index is 0.0769. The summed E-state index contributed by atoms with van der Waals surface area (Å²) in [5.74, 6) is -2.25. The van der Waals surface area contributed by atoms with Gasteiger partial charge in [0, 0.05) is 0 Å². The van der Waals surface area contributed by atoms with E-state index in [4.69, 9.17) is 14.6 Å². The standard InChI is InChI=1S/C14H16FNO5/c1-8(21-10-4-2-9(15)3-5-10)13(17)16-12-7-20-6-11(12)14(18)19/h2-5,8,11-12H,6-7H2,1H3,(H,16,17)(H,18,19). The maximum atomic E-state index is 12.8.